The van der Waals surface area contributed by atoms with E-state index in [0.29, 0.717) is 6.42 Å². The number of hydrogen-bond donors (Lipinski definition) is 2. The number of carboxylic acid groups (broad SMARTS) is 1. The molecule has 1 unspecified atom stereocenters. The molecule has 0 aliphatic rings. The Labute approximate surface area is 125 Å². The third-order valence-corrected chi connectivity index (χ3v) is 5.36. The summed E-state index contributed by atoms with van der Waals surface area (Å²) >= 11 is 2.96. The summed E-state index contributed by atoms with van der Waals surface area (Å²) in [5, 5.41) is 9.10. The normalized spacial score (nSPS) is 14.8. The Hall–Kier alpha value is -0.990. The van der Waals surface area contributed by atoms with Gasteiger partial charge in [-0.3, -0.25) is 4.79 Å². The van der Waals surface area contributed by atoms with Gasteiger partial charge in [0.05, 0.1) is 4.90 Å². The number of carbonyl (C=O) groups is 1. The molecular formula is C12H15BrFNO4S. The van der Waals surface area contributed by atoms with Crippen molar-refractivity contribution in [2.45, 2.75) is 31.2 Å². The maximum atomic E-state index is 13.0. The predicted octanol–water partition coefficient (Wildman–Crippen LogP) is 2.37. The average Bonchev–Trinajstić information content (AvgIpc) is 2.34. The van der Waals surface area contributed by atoms with Crippen LogP contribution in [0.1, 0.15) is 20.3 Å². The second-order valence-corrected chi connectivity index (χ2v) is 6.93. The molecule has 8 heteroatoms. The maximum absolute atomic E-state index is 13.0. The van der Waals surface area contributed by atoms with Gasteiger partial charge in [-0.15, -0.1) is 0 Å². The Bertz CT molecular complexity index is 605. The van der Waals surface area contributed by atoms with Crippen molar-refractivity contribution in [2.24, 2.45) is 5.92 Å². The van der Waals surface area contributed by atoms with Crippen molar-refractivity contribution in [1.29, 1.82) is 0 Å². The molecular weight excluding hydrogens is 353 g/mol. The number of halogens is 2. The number of carboxylic acids is 1. The Kier molecular flexibility index (Phi) is 5.67. The first-order valence-electron chi connectivity index (χ1n) is 5.89. The minimum Gasteiger partial charge on any atom is -0.480 e. The van der Waals surface area contributed by atoms with Crippen LogP contribution < -0.4 is 4.72 Å². The first-order chi connectivity index (χ1) is 9.19. The van der Waals surface area contributed by atoms with Crippen LogP contribution in [-0.4, -0.2) is 25.5 Å². The molecule has 0 aromatic heterocycles. The first-order valence-corrected chi connectivity index (χ1v) is 8.16. The monoisotopic (exact) mass is 367 g/mol. The standard InChI is InChI=1S/C12H15BrFNO4S/c1-3-7(2)11(12(16)17)15-20(18,19)10-5-4-8(14)6-9(10)13/h4-7,11,15H,3H2,1-2H3,(H,16,17)/t7?,11-/m0/s1. The zero-order valence-electron chi connectivity index (χ0n) is 10.9. The van der Waals surface area contributed by atoms with Crippen molar-refractivity contribution in [3.05, 3.63) is 28.5 Å². The van der Waals surface area contributed by atoms with Crippen molar-refractivity contribution in [3.8, 4) is 0 Å². The van der Waals surface area contributed by atoms with E-state index < -0.39 is 27.9 Å². The van der Waals surface area contributed by atoms with Gasteiger partial charge in [-0.1, -0.05) is 20.3 Å². The third kappa shape index (κ3) is 4.00. The molecule has 0 amide bonds. The van der Waals surface area contributed by atoms with Crippen LogP contribution >= 0.6 is 15.9 Å². The maximum Gasteiger partial charge on any atom is 0.322 e. The number of nitrogens with one attached hydrogen (secondary N) is 1. The summed E-state index contributed by atoms with van der Waals surface area (Å²) in [6, 6.07) is 1.85. The Morgan fingerprint density at radius 2 is 2.10 bits per heavy atom. The smallest absolute Gasteiger partial charge is 0.322 e. The molecule has 0 spiro atoms. The van der Waals surface area contributed by atoms with E-state index in [1.165, 1.54) is 0 Å². The lowest BCUT2D eigenvalue weighted by atomic mass is 10.0. The molecule has 1 rings (SSSR count). The molecule has 2 atom stereocenters. The Morgan fingerprint density at radius 1 is 1.50 bits per heavy atom. The van der Waals surface area contributed by atoms with Crippen LogP contribution in [-0.2, 0) is 14.8 Å². The summed E-state index contributed by atoms with van der Waals surface area (Å²) < 4.78 is 39.5. The number of sulfonamides is 1. The van der Waals surface area contributed by atoms with Crippen LogP contribution in [0.15, 0.2) is 27.6 Å². The molecule has 1 aromatic rings. The Morgan fingerprint density at radius 3 is 2.55 bits per heavy atom. The number of hydrogen-bond acceptors (Lipinski definition) is 3. The predicted molar refractivity (Wildman–Crippen MR) is 75.3 cm³/mol. The van der Waals surface area contributed by atoms with Gasteiger partial charge in [-0.2, -0.15) is 4.72 Å². The van der Waals surface area contributed by atoms with E-state index in [1.54, 1.807) is 13.8 Å². The third-order valence-electron chi connectivity index (χ3n) is 2.94. The molecule has 0 aliphatic carbocycles. The van der Waals surface area contributed by atoms with E-state index in [1.807, 2.05) is 0 Å². The summed E-state index contributed by atoms with van der Waals surface area (Å²) in [5.41, 5.74) is 0. The summed E-state index contributed by atoms with van der Waals surface area (Å²) in [7, 11) is -4.05. The van der Waals surface area contributed by atoms with E-state index in [-0.39, 0.29) is 15.3 Å². The van der Waals surface area contributed by atoms with Gasteiger partial charge in [0.15, 0.2) is 0 Å². The van der Waals surface area contributed by atoms with Crippen LogP contribution in [0.3, 0.4) is 0 Å². The zero-order valence-corrected chi connectivity index (χ0v) is 13.3. The van der Waals surface area contributed by atoms with Crippen LogP contribution in [0.2, 0.25) is 0 Å². The van der Waals surface area contributed by atoms with E-state index in [2.05, 4.69) is 20.7 Å². The van der Waals surface area contributed by atoms with Gasteiger partial charge in [-0.05, 0) is 40.0 Å². The van der Waals surface area contributed by atoms with Gasteiger partial charge < -0.3 is 5.11 Å². The van der Waals surface area contributed by atoms with Gasteiger partial charge in [0.1, 0.15) is 11.9 Å². The summed E-state index contributed by atoms with van der Waals surface area (Å²) in [4.78, 5) is 10.9. The topological polar surface area (TPSA) is 83.5 Å². The van der Waals surface area contributed by atoms with E-state index in [0.717, 1.165) is 18.2 Å². The molecule has 20 heavy (non-hydrogen) atoms. The van der Waals surface area contributed by atoms with Crippen LogP contribution in [0, 0.1) is 11.7 Å². The molecule has 0 saturated heterocycles. The highest BCUT2D eigenvalue weighted by Crippen LogP contribution is 2.23. The molecule has 0 bridgehead atoms. The SMILES string of the molecule is CCC(C)[C@H](NS(=O)(=O)c1ccc(F)cc1Br)C(=O)O. The molecule has 0 aliphatic heterocycles. The molecule has 0 heterocycles. The lowest BCUT2D eigenvalue weighted by Crippen LogP contribution is -2.44. The summed E-state index contributed by atoms with van der Waals surface area (Å²) in [6.07, 6.45) is 0.504. The van der Waals surface area contributed by atoms with Gasteiger partial charge in [0, 0.05) is 4.47 Å². The van der Waals surface area contributed by atoms with Gasteiger partial charge in [-0.25, -0.2) is 12.8 Å². The highest BCUT2D eigenvalue weighted by molar-refractivity contribution is 9.10. The minimum atomic E-state index is -4.05. The molecule has 2 N–H and O–H groups in total. The molecule has 112 valence electrons. The van der Waals surface area contributed by atoms with Crippen molar-refractivity contribution < 1.29 is 22.7 Å². The number of rotatable bonds is 6. The van der Waals surface area contributed by atoms with E-state index in [9.17, 15) is 17.6 Å². The molecule has 5 nitrogen and oxygen atoms in total. The van der Waals surface area contributed by atoms with Gasteiger partial charge in [0.2, 0.25) is 10.0 Å². The van der Waals surface area contributed by atoms with Crippen molar-refractivity contribution >= 4 is 31.9 Å². The molecule has 0 radical (unpaired) electrons. The fourth-order valence-corrected chi connectivity index (χ4v) is 3.92. The fourth-order valence-electron chi connectivity index (χ4n) is 1.57. The van der Waals surface area contributed by atoms with Crippen LogP contribution in [0.25, 0.3) is 0 Å². The highest BCUT2D eigenvalue weighted by atomic mass is 79.9. The van der Waals surface area contributed by atoms with E-state index in [4.69, 9.17) is 5.11 Å². The van der Waals surface area contributed by atoms with E-state index >= 15 is 0 Å². The first kappa shape index (κ1) is 17.1. The summed E-state index contributed by atoms with van der Waals surface area (Å²) in [6.45, 7) is 3.41. The lowest BCUT2D eigenvalue weighted by Gasteiger charge is -2.20. The van der Waals surface area contributed by atoms with Crippen molar-refractivity contribution in [3.63, 3.8) is 0 Å². The average molecular weight is 368 g/mol. The molecule has 1 aromatic carbocycles. The molecule has 0 fully saturated rings. The molecule has 0 saturated carbocycles. The van der Waals surface area contributed by atoms with Crippen LogP contribution in [0.4, 0.5) is 4.39 Å². The van der Waals surface area contributed by atoms with Crippen molar-refractivity contribution in [2.75, 3.05) is 0 Å². The van der Waals surface area contributed by atoms with Gasteiger partial charge in [0.25, 0.3) is 0 Å². The highest BCUT2D eigenvalue weighted by Gasteiger charge is 2.30. The van der Waals surface area contributed by atoms with Crippen LogP contribution in [0.5, 0.6) is 0 Å². The van der Waals surface area contributed by atoms with Crippen molar-refractivity contribution in [1.82, 2.24) is 4.72 Å². The zero-order chi connectivity index (χ0) is 15.5. The largest absolute Gasteiger partial charge is 0.480 e. The number of aliphatic carboxylic acids is 1. The second kappa shape index (κ2) is 6.64. The second-order valence-electron chi connectivity index (χ2n) is 4.40. The quantitative estimate of drug-likeness (QED) is 0.808. The number of benzene rings is 1. The lowest BCUT2D eigenvalue weighted by molar-refractivity contribution is -0.140. The summed E-state index contributed by atoms with van der Waals surface area (Å²) in [5.74, 6) is -2.21. The Balaban J connectivity index is 3.13. The fraction of sp³-hybridized carbons (Fsp3) is 0.417. The van der Waals surface area contributed by atoms with Gasteiger partial charge >= 0.3 is 5.97 Å². The minimum absolute atomic E-state index is 0.0401.